The van der Waals surface area contributed by atoms with Gasteiger partial charge in [0.2, 0.25) is 0 Å². The Kier molecular flexibility index (Phi) is 6.78. The molecule has 114 valence electrons. The fourth-order valence-electron chi connectivity index (χ4n) is 3.36. The lowest BCUT2D eigenvalue weighted by Gasteiger charge is -2.33. The minimum Gasteiger partial charge on any atom is -0.393 e. The van der Waals surface area contributed by atoms with Gasteiger partial charge >= 0.3 is 0 Å². The van der Waals surface area contributed by atoms with Crippen molar-refractivity contribution in [1.29, 1.82) is 0 Å². The molecule has 0 bridgehead atoms. The van der Waals surface area contributed by atoms with Crippen LogP contribution in [0, 0.1) is 11.3 Å². The molecule has 3 nitrogen and oxygen atoms in total. The van der Waals surface area contributed by atoms with Crippen molar-refractivity contribution in [2.75, 3.05) is 26.7 Å². The number of nitrogens with one attached hydrogen (secondary N) is 1. The zero-order chi connectivity index (χ0) is 14.5. The van der Waals surface area contributed by atoms with Crippen LogP contribution < -0.4 is 5.32 Å². The normalized spacial score (nSPS) is 27.9. The third-order valence-corrected chi connectivity index (χ3v) is 4.56. The van der Waals surface area contributed by atoms with Crippen LogP contribution in [0.1, 0.15) is 53.4 Å². The second-order valence-corrected chi connectivity index (χ2v) is 7.12. The summed E-state index contributed by atoms with van der Waals surface area (Å²) < 4.78 is 0. The molecular formula is C16H34N2O. The zero-order valence-corrected chi connectivity index (χ0v) is 13.6. The van der Waals surface area contributed by atoms with E-state index in [1.165, 1.54) is 19.3 Å². The van der Waals surface area contributed by atoms with E-state index in [0.717, 1.165) is 32.0 Å². The topological polar surface area (TPSA) is 35.5 Å². The van der Waals surface area contributed by atoms with Crippen LogP contribution in [0.2, 0.25) is 0 Å². The van der Waals surface area contributed by atoms with Gasteiger partial charge in [0.15, 0.2) is 0 Å². The van der Waals surface area contributed by atoms with Gasteiger partial charge in [0.05, 0.1) is 6.10 Å². The van der Waals surface area contributed by atoms with E-state index in [2.05, 4.69) is 38.0 Å². The maximum Gasteiger partial charge on any atom is 0.0524 e. The molecule has 0 aliphatic heterocycles. The van der Waals surface area contributed by atoms with Gasteiger partial charge in [-0.2, -0.15) is 0 Å². The van der Waals surface area contributed by atoms with Gasteiger partial charge in [-0.15, -0.1) is 0 Å². The summed E-state index contributed by atoms with van der Waals surface area (Å²) in [5.74, 6) is 0.751. The number of rotatable bonds is 8. The largest absolute Gasteiger partial charge is 0.393 e. The van der Waals surface area contributed by atoms with Crippen molar-refractivity contribution >= 4 is 0 Å². The van der Waals surface area contributed by atoms with Crippen LogP contribution in [-0.2, 0) is 0 Å². The SMILES string of the molecule is CCCNC1C(CN(C)CCC(C)O)CCC1(C)C. The molecule has 0 radical (unpaired) electrons. The Balaban J connectivity index is 2.46. The predicted molar refractivity (Wildman–Crippen MR) is 82.4 cm³/mol. The van der Waals surface area contributed by atoms with Gasteiger partial charge in [0.1, 0.15) is 0 Å². The van der Waals surface area contributed by atoms with E-state index in [9.17, 15) is 5.11 Å². The Morgan fingerprint density at radius 3 is 2.68 bits per heavy atom. The van der Waals surface area contributed by atoms with E-state index in [1.807, 2.05) is 6.92 Å². The zero-order valence-electron chi connectivity index (χ0n) is 13.6. The Morgan fingerprint density at radius 1 is 1.42 bits per heavy atom. The summed E-state index contributed by atoms with van der Waals surface area (Å²) in [5, 5.41) is 13.1. The Hall–Kier alpha value is -0.120. The maximum atomic E-state index is 9.37. The number of nitrogens with zero attached hydrogens (tertiary/aromatic N) is 1. The van der Waals surface area contributed by atoms with Gasteiger partial charge in [0.25, 0.3) is 0 Å². The fourth-order valence-corrected chi connectivity index (χ4v) is 3.36. The van der Waals surface area contributed by atoms with Crippen LogP contribution in [0.15, 0.2) is 0 Å². The molecular weight excluding hydrogens is 236 g/mol. The highest BCUT2D eigenvalue weighted by Gasteiger charge is 2.41. The first kappa shape index (κ1) is 16.9. The van der Waals surface area contributed by atoms with Crippen LogP contribution in [-0.4, -0.2) is 48.8 Å². The summed E-state index contributed by atoms with van der Waals surface area (Å²) in [5.41, 5.74) is 0.422. The van der Waals surface area contributed by atoms with E-state index < -0.39 is 0 Å². The van der Waals surface area contributed by atoms with Gasteiger partial charge in [-0.3, -0.25) is 0 Å². The first-order chi connectivity index (χ1) is 8.86. The van der Waals surface area contributed by atoms with Crippen molar-refractivity contribution < 1.29 is 5.11 Å². The monoisotopic (exact) mass is 270 g/mol. The van der Waals surface area contributed by atoms with Gasteiger partial charge in [0, 0.05) is 19.1 Å². The van der Waals surface area contributed by atoms with E-state index >= 15 is 0 Å². The fraction of sp³-hybridized carbons (Fsp3) is 1.00. The first-order valence-corrected chi connectivity index (χ1v) is 7.96. The van der Waals surface area contributed by atoms with Crippen molar-refractivity contribution in [2.45, 2.75) is 65.5 Å². The molecule has 3 heteroatoms. The molecule has 0 amide bonds. The van der Waals surface area contributed by atoms with Gasteiger partial charge in [-0.1, -0.05) is 20.8 Å². The van der Waals surface area contributed by atoms with E-state index in [0.29, 0.717) is 11.5 Å². The molecule has 0 aromatic carbocycles. The van der Waals surface area contributed by atoms with Crippen molar-refractivity contribution in [3.05, 3.63) is 0 Å². The lowest BCUT2D eigenvalue weighted by molar-refractivity contribution is 0.151. The average molecular weight is 270 g/mol. The number of aliphatic hydroxyl groups is 1. The third-order valence-electron chi connectivity index (χ3n) is 4.56. The summed E-state index contributed by atoms with van der Waals surface area (Å²) in [6.07, 6.45) is 4.55. The van der Waals surface area contributed by atoms with E-state index in [1.54, 1.807) is 0 Å². The smallest absolute Gasteiger partial charge is 0.0524 e. The Labute approximate surface area is 119 Å². The number of aliphatic hydroxyl groups excluding tert-OH is 1. The third kappa shape index (κ3) is 5.41. The molecule has 2 N–H and O–H groups in total. The summed E-state index contributed by atoms with van der Waals surface area (Å²) in [7, 11) is 2.19. The lowest BCUT2D eigenvalue weighted by Crippen LogP contribution is -2.45. The Bertz CT molecular complexity index is 253. The molecule has 0 aromatic rings. The highest BCUT2D eigenvalue weighted by atomic mass is 16.3. The van der Waals surface area contributed by atoms with Gasteiger partial charge < -0.3 is 15.3 Å². The van der Waals surface area contributed by atoms with Crippen molar-refractivity contribution in [2.24, 2.45) is 11.3 Å². The molecule has 0 aromatic heterocycles. The second-order valence-electron chi connectivity index (χ2n) is 7.12. The lowest BCUT2D eigenvalue weighted by atomic mass is 9.84. The quantitative estimate of drug-likeness (QED) is 0.711. The van der Waals surface area contributed by atoms with Crippen molar-refractivity contribution in [1.82, 2.24) is 10.2 Å². The van der Waals surface area contributed by atoms with Gasteiger partial charge in [-0.05, 0) is 57.5 Å². The van der Waals surface area contributed by atoms with Crippen LogP contribution in [0.5, 0.6) is 0 Å². The van der Waals surface area contributed by atoms with E-state index in [-0.39, 0.29) is 6.10 Å². The molecule has 1 aliphatic rings. The molecule has 1 rings (SSSR count). The van der Waals surface area contributed by atoms with Crippen LogP contribution in [0.25, 0.3) is 0 Å². The number of hydrogen-bond donors (Lipinski definition) is 2. The highest BCUT2D eigenvalue weighted by Crippen LogP contribution is 2.41. The molecule has 1 saturated carbocycles. The molecule has 1 fully saturated rings. The van der Waals surface area contributed by atoms with Crippen LogP contribution in [0.4, 0.5) is 0 Å². The van der Waals surface area contributed by atoms with Crippen molar-refractivity contribution in [3.63, 3.8) is 0 Å². The average Bonchev–Trinajstić information content (AvgIpc) is 2.59. The highest BCUT2D eigenvalue weighted by molar-refractivity contribution is 4.96. The number of hydrogen-bond acceptors (Lipinski definition) is 3. The summed E-state index contributed by atoms with van der Waals surface area (Å²) in [4.78, 5) is 2.39. The summed E-state index contributed by atoms with van der Waals surface area (Å²) in [6, 6.07) is 0.640. The molecule has 19 heavy (non-hydrogen) atoms. The minimum atomic E-state index is -0.184. The van der Waals surface area contributed by atoms with E-state index in [4.69, 9.17) is 0 Å². The molecule has 0 spiro atoms. The van der Waals surface area contributed by atoms with Gasteiger partial charge in [-0.25, -0.2) is 0 Å². The molecule has 0 saturated heterocycles. The predicted octanol–water partition coefficient (Wildman–Crippen LogP) is 2.49. The van der Waals surface area contributed by atoms with Crippen molar-refractivity contribution in [3.8, 4) is 0 Å². The Morgan fingerprint density at radius 2 is 2.11 bits per heavy atom. The molecule has 3 atom stereocenters. The van der Waals surface area contributed by atoms with Crippen LogP contribution >= 0.6 is 0 Å². The summed E-state index contributed by atoms with van der Waals surface area (Å²) >= 11 is 0. The van der Waals surface area contributed by atoms with Crippen LogP contribution in [0.3, 0.4) is 0 Å². The molecule has 0 heterocycles. The standard InChI is InChI=1S/C16H34N2O/c1-6-10-17-15-14(7-9-16(15,3)4)12-18(5)11-8-13(2)19/h13-15,17,19H,6-12H2,1-5H3. The second kappa shape index (κ2) is 7.61. The molecule has 1 aliphatic carbocycles. The first-order valence-electron chi connectivity index (χ1n) is 7.96. The minimum absolute atomic E-state index is 0.184. The maximum absolute atomic E-state index is 9.37. The summed E-state index contributed by atoms with van der Waals surface area (Å²) in [6.45, 7) is 12.2. The molecule has 3 unspecified atom stereocenters.